The zero-order chi connectivity index (χ0) is 24.2. The van der Waals surface area contributed by atoms with E-state index < -0.39 is 23.2 Å². The summed E-state index contributed by atoms with van der Waals surface area (Å²) < 4.78 is -0.639. The molecule has 6 rings (SSSR count). The van der Waals surface area contributed by atoms with Gasteiger partial charge in [-0.15, -0.1) is 0 Å². The van der Waals surface area contributed by atoms with Crippen LogP contribution >= 0.6 is 17.0 Å². The van der Waals surface area contributed by atoms with Crippen LogP contribution in [0.25, 0.3) is 22.3 Å². The van der Waals surface area contributed by atoms with Crippen molar-refractivity contribution in [2.45, 2.75) is 41.8 Å². The van der Waals surface area contributed by atoms with Crippen molar-refractivity contribution in [1.29, 1.82) is 0 Å². The topological polar surface area (TPSA) is 20.2 Å². The molecule has 2 aliphatic rings. The Kier molecular flexibility index (Phi) is 6.30. The van der Waals surface area contributed by atoms with Crippen molar-refractivity contribution in [3.05, 3.63) is 118 Å². The molecule has 2 aliphatic carbocycles. The van der Waals surface area contributed by atoms with E-state index in [1.54, 1.807) is 0 Å². The Morgan fingerprint density at radius 2 is 1.17 bits per heavy atom. The van der Waals surface area contributed by atoms with Gasteiger partial charge in [-0.25, -0.2) is 0 Å². The number of rotatable bonds is 6. The molecule has 1 atom stereocenters. The van der Waals surface area contributed by atoms with Crippen LogP contribution in [0.15, 0.2) is 84.9 Å². The molecule has 0 spiro atoms. The molecule has 0 aliphatic heterocycles. The van der Waals surface area contributed by atoms with Crippen LogP contribution in [-0.4, -0.2) is 8.92 Å². The Labute approximate surface area is 222 Å². The molecule has 0 heterocycles. The number of aliphatic hydroxyl groups is 1. The zero-order valence-electron chi connectivity index (χ0n) is 19.7. The molecule has 35 heavy (non-hydrogen) atoms. The molecule has 0 bridgehead atoms. The molecule has 4 aromatic carbocycles. The number of hydrogen-bond donors (Lipinski definition) is 1. The molecule has 1 unspecified atom stereocenters. The second kappa shape index (κ2) is 9.31. The van der Waals surface area contributed by atoms with Crippen LogP contribution in [0, 0.1) is 0 Å². The molecule has 1 nitrogen and oxygen atoms in total. The van der Waals surface area contributed by atoms with Gasteiger partial charge in [-0.3, -0.25) is 0 Å². The minimum absolute atomic E-state index is 0.365. The first kappa shape index (κ1) is 23.7. The van der Waals surface area contributed by atoms with Crippen molar-refractivity contribution in [2.24, 2.45) is 0 Å². The van der Waals surface area contributed by atoms with Gasteiger partial charge in [-0.05, 0) is 0 Å². The van der Waals surface area contributed by atoms with Crippen molar-refractivity contribution in [3.63, 3.8) is 0 Å². The fourth-order valence-corrected chi connectivity index (χ4v) is 8.66. The molecule has 4 heteroatoms. The predicted octanol–water partition coefficient (Wildman–Crippen LogP) is 8.16. The number of aliphatic hydroxyl groups excluding tert-OH is 1. The van der Waals surface area contributed by atoms with Gasteiger partial charge in [0.1, 0.15) is 0 Å². The quantitative estimate of drug-likeness (QED) is 0.212. The van der Waals surface area contributed by atoms with E-state index in [0.29, 0.717) is 6.42 Å². The number of hydrogen-bond acceptors (Lipinski definition) is 1. The summed E-state index contributed by atoms with van der Waals surface area (Å²) in [5.41, 5.74) is 13.1. The molecule has 0 radical (unpaired) electrons. The van der Waals surface area contributed by atoms with Crippen LogP contribution in [0.3, 0.4) is 0 Å². The first-order valence-corrected chi connectivity index (χ1v) is 20.1. The maximum atomic E-state index is 11.2. The normalized spacial score (nSPS) is 14.2. The molecular weight excluding hydrogens is 550 g/mol. The first-order chi connectivity index (χ1) is 17.0. The van der Waals surface area contributed by atoms with Crippen LogP contribution in [0.4, 0.5) is 0 Å². The molecule has 0 amide bonds. The van der Waals surface area contributed by atoms with E-state index in [1.165, 1.54) is 55.6 Å². The van der Waals surface area contributed by atoms with Crippen molar-refractivity contribution in [2.75, 3.05) is 0 Å². The summed E-state index contributed by atoms with van der Waals surface area (Å²) in [6.45, 7) is 2.25. The third-order valence-corrected chi connectivity index (χ3v) is 12.9. The summed E-state index contributed by atoms with van der Waals surface area (Å²) in [6.07, 6.45) is 3.27. The van der Waals surface area contributed by atoms with Crippen LogP contribution in [0.2, 0.25) is 0 Å². The van der Waals surface area contributed by atoms with Crippen LogP contribution in [0.5, 0.6) is 0 Å². The predicted molar refractivity (Wildman–Crippen MR) is 143 cm³/mol. The van der Waals surface area contributed by atoms with Gasteiger partial charge in [-0.1, -0.05) is 0 Å². The number of halogens is 2. The molecular formula is C31H27Cl2OZr. The Balaban J connectivity index is 1.59. The Morgan fingerprint density at radius 1 is 0.714 bits per heavy atom. The molecule has 0 saturated heterocycles. The molecule has 4 aromatic rings. The Bertz CT molecular complexity index is 1330. The molecule has 0 fully saturated rings. The van der Waals surface area contributed by atoms with Gasteiger partial charge in [0.15, 0.2) is 0 Å². The van der Waals surface area contributed by atoms with E-state index in [9.17, 15) is 5.11 Å². The maximum absolute atomic E-state index is 11.2. The average Bonchev–Trinajstić information content (AvgIpc) is 3.45. The second-order valence-corrected chi connectivity index (χ2v) is 18.8. The van der Waals surface area contributed by atoms with E-state index >= 15 is 0 Å². The van der Waals surface area contributed by atoms with Gasteiger partial charge >= 0.3 is 224 Å². The minimum atomic E-state index is -2.89. The van der Waals surface area contributed by atoms with E-state index in [-0.39, 0.29) is 5.41 Å². The fraction of sp³-hybridized carbons (Fsp3) is 0.226. The summed E-state index contributed by atoms with van der Waals surface area (Å²) in [6, 6.07) is 30.9. The Morgan fingerprint density at radius 3 is 1.63 bits per heavy atom. The van der Waals surface area contributed by atoms with Gasteiger partial charge < -0.3 is 0 Å². The van der Waals surface area contributed by atoms with Gasteiger partial charge in [0, 0.05) is 0 Å². The zero-order valence-corrected chi connectivity index (χ0v) is 23.7. The summed E-state index contributed by atoms with van der Waals surface area (Å²) >= 11 is -2.89. The molecule has 0 saturated carbocycles. The molecule has 0 aromatic heterocycles. The molecule has 175 valence electrons. The fourth-order valence-electron chi connectivity index (χ4n) is 6.51. The van der Waals surface area contributed by atoms with Crippen molar-refractivity contribution in [1.82, 2.24) is 0 Å². The molecule has 1 N–H and O–H groups in total. The summed E-state index contributed by atoms with van der Waals surface area (Å²) in [5, 5.41) is 11.2. The summed E-state index contributed by atoms with van der Waals surface area (Å²) in [7, 11) is 12.9. The first-order valence-electron chi connectivity index (χ1n) is 12.3. The number of benzene rings is 4. The summed E-state index contributed by atoms with van der Waals surface area (Å²) in [4.78, 5) is 0. The van der Waals surface area contributed by atoms with E-state index in [1.807, 2.05) is 0 Å². The Hall–Kier alpha value is -1.70. The average molecular weight is 578 g/mol. The third-order valence-electron chi connectivity index (χ3n) is 8.13. The van der Waals surface area contributed by atoms with Gasteiger partial charge in [0.05, 0.1) is 0 Å². The summed E-state index contributed by atoms with van der Waals surface area (Å²) in [5.74, 6) is 0. The van der Waals surface area contributed by atoms with Crippen LogP contribution in [0.1, 0.15) is 53.1 Å². The van der Waals surface area contributed by atoms with E-state index in [0.717, 1.165) is 19.3 Å². The van der Waals surface area contributed by atoms with Gasteiger partial charge in [0.25, 0.3) is 0 Å². The van der Waals surface area contributed by atoms with Gasteiger partial charge in [-0.2, -0.15) is 0 Å². The van der Waals surface area contributed by atoms with Crippen molar-refractivity contribution < 1.29 is 24.5 Å². The van der Waals surface area contributed by atoms with Crippen molar-refractivity contribution in [3.8, 4) is 22.3 Å². The second-order valence-electron chi connectivity index (χ2n) is 9.78. The van der Waals surface area contributed by atoms with Crippen LogP contribution in [-0.2, 0) is 37.6 Å². The SMILES string of the molecule is CCC(C[CH](O)[Zr]([Cl])[Cl])(c1cccc2c1Cc1ccccc1-2)c1cccc2c1Cc1ccccc1-2. The van der Waals surface area contributed by atoms with Gasteiger partial charge in [0.2, 0.25) is 0 Å². The third kappa shape index (κ3) is 3.80. The van der Waals surface area contributed by atoms with E-state index in [2.05, 4.69) is 91.9 Å². The van der Waals surface area contributed by atoms with E-state index in [4.69, 9.17) is 17.0 Å². The van der Waals surface area contributed by atoms with Crippen molar-refractivity contribution >= 4 is 17.0 Å². The standard InChI is InChI=1S/C31H27O.2ClH.Zr/c1-2-31(17-18-32,29-15-7-13-25-23-11-5-3-9-21(23)19-27(25)29)30-16-8-14-26-24-12-6-4-10-22(24)20-28(26)30;;;/h3-16,18,32H,2,17,19-20H2,1H3;2*1H;/q;;;+2/p-2. The monoisotopic (exact) mass is 575 g/mol. The van der Waals surface area contributed by atoms with Crippen LogP contribution < -0.4 is 0 Å². The number of fused-ring (bicyclic) bond motifs is 6.